The summed E-state index contributed by atoms with van der Waals surface area (Å²) in [7, 11) is 0. The van der Waals surface area contributed by atoms with Crippen molar-refractivity contribution < 1.29 is 14.5 Å². The molecule has 0 unspecified atom stereocenters. The Balaban J connectivity index is 1.67. The molecule has 0 aliphatic carbocycles. The Morgan fingerprint density at radius 3 is 2.50 bits per heavy atom. The lowest BCUT2D eigenvalue weighted by molar-refractivity contribution is -0.384. The number of hydrogen-bond donors (Lipinski definition) is 1. The monoisotopic (exact) mass is 439 g/mol. The average Bonchev–Trinajstić information content (AvgIpc) is 3.23. The molecule has 2 aromatic carbocycles. The maximum absolute atomic E-state index is 13.4. The molecule has 2 amide bonds. The number of non-ortho nitro benzene ring substituents is 1. The van der Waals surface area contributed by atoms with Crippen molar-refractivity contribution in [2.75, 3.05) is 4.90 Å². The number of benzene rings is 2. The molecule has 0 spiro atoms. The van der Waals surface area contributed by atoms with Crippen LogP contribution < -0.4 is 9.77 Å². The third-order valence-corrected chi connectivity index (χ3v) is 7.68. The van der Waals surface area contributed by atoms with Crippen LogP contribution in [-0.2, 0) is 9.59 Å². The number of aromatic amines is 1. The van der Waals surface area contributed by atoms with E-state index in [0.29, 0.717) is 21.2 Å². The molecular formula is C20H13N3O5S2. The molecule has 1 fully saturated rings. The first kappa shape index (κ1) is 18.8. The van der Waals surface area contributed by atoms with Crippen LogP contribution >= 0.6 is 23.1 Å². The molecule has 5 rings (SSSR count). The van der Waals surface area contributed by atoms with Gasteiger partial charge < -0.3 is 4.98 Å². The Morgan fingerprint density at radius 2 is 1.77 bits per heavy atom. The van der Waals surface area contributed by atoms with Gasteiger partial charge in [-0.15, -0.1) is 0 Å². The Hall–Kier alpha value is -3.24. The van der Waals surface area contributed by atoms with Gasteiger partial charge in [-0.2, -0.15) is 0 Å². The maximum atomic E-state index is 13.4. The fourth-order valence-electron chi connectivity index (χ4n) is 4.04. The number of thioether (sulfide) groups is 1. The molecule has 150 valence electrons. The molecule has 0 bridgehead atoms. The van der Waals surface area contributed by atoms with E-state index >= 15 is 0 Å². The number of aromatic nitrogens is 1. The number of nitro groups is 1. The summed E-state index contributed by atoms with van der Waals surface area (Å²) in [6.07, 6.45) is 0. The number of nitro benzene ring substituents is 1. The van der Waals surface area contributed by atoms with E-state index in [-0.39, 0.29) is 22.4 Å². The second kappa shape index (κ2) is 6.92. The van der Waals surface area contributed by atoms with Crippen LogP contribution in [0, 0.1) is 16.0 Å². The van der Waals surface area contributed by atoms with Gasteiger partial charge in [-0.1, -0.05) is 53.4 Å². The second-order valence-electron chi connectivity index (χ2n) is 6.95. The zero-order valence-electron chi connectivity index (χ0n) is 15.2. The van der Waals surface area contributed by atoms with E-state index in [1.54, 1.807) is 42.5 Å². The third-order valence-electron chi connectivity index (χ3n) is 5.28. The number of rotatable bonds is 3. The number of nitrogens with zero attached hydrogens (tertiary/aromatic N) is 2. The number of para-hydroxylation sites is 1. The van der Waals surface area contributed by atoms with Crippen molar-refractivity contribution in [3.63, 3.8) is 0 Å². The lowest BCUT2D eigenvalue weighted by Gasteiger charge is -2.29. The quantitative estimate of drug-likeness (QED) is 0.381. The van der Waals surface area contributed by atoms with Gasteiger partial charge in [0.15, 0.2) is 0 Å². The smallest absolute Gasteiger partial charge is 0.305 e. The molecule has 10 heteroatoms. The Morgan fingerprint density at radius 1 is 1.00 bits per heavy atom. The van der Waals surface area contributed by atoms with Crippen molar-refractivity contribution in [1.29, 1.82) is 0 Å². The number of thiazole rings is 1. The summed E-state index contributed by atoms with van der Waals surface area (Å²) in [6, 6.07) is 14.7. The van der Waals surface area contributed by atoms with Crippen molar-refractivity contribution in [1.82, 2.24) is 4.98 Å². The summed E-state index contributed by atoms with van der Waals surface area (Å²) < 4.78 is 0. The van der Waals surface area contributed by atoms with Crippen LogP contribution in [0.2, 0.25) is 0 Å². The average molecular weight is 439 g/mol. The van der Waals surface area contributed by atoms with Crippen LogP contribution in [0.4, 0.5) is 11.4 Å². The van der Waals surface area contributed by atoms with Gasteiger partial charge in [0.1, 0.15) is 5.25 Å². The lowest BCUT2D eigenvalue weighted by atomic mass is 9.83. The fraction of sp³-hybridized carbons (Fsp3) is 0.150. The van der Waals surface area contributed by atoms with Gasteiger partial charge in [0.25, 0.3) is 5.69 Å². The largest absolute Gasteiger partial charge is 0.307 e. The van der Waals surface area contributed by atoms with E-state index < -0.39 is 22.0 Å². The van der Waals surface area contributed by atoms with E-state index in [9.17, 15) is 24.5 Å². The van der Waals surface area contributed by atoms with Gasteiger partial charge in [0.05, 0.1) is 21.6 Å². The van der Waals surface area contributed by atoms with Gasteiger partial charge in [0, 0.05) is 22.9 Å². The molecule has 2 aliphatic rings. The van der Waals surface area contributed by atoms with Crippen molar-refractivity contribution in [3.8, 4) is 0 Å². The molecule has 0 radical (unpaired) electrons. The van der Waals surface area contributed by atoms with E-state index in [2.05, 4.69) is 4.98 Å². The zero-order valence-corrected chi connectivity index (χ0v) is 16.8. The normalized spacial score (nSPS) is 22.7. The van der Waals surface area contributed by atoms with E-state index in [1.165, 1.54) is 28.8 Å². The fourth-order valence-corrected chi connectivity index (χ4v) is 6.55. The van der Waals surface area contributed by atoms with E-state index in [4.69, 9.17) is 0 Å². The molecule has 30 heavy (non-hydrogen) atoms. The molecule has 1 saturated heterocycles. The molecule has 1 N–H and O–H groups in total. The first-order valence-electron chi connectivity index (χ1n) is 9.02. The molecule has 3 atom stereocenters. The molecule has 1 aromatic heterocycles. The zero-order chi connectivity index (χ0) is 21.0. The number of imide groups is 1. The third kappa shape index (κ3) is 2.79. The van der Waals surface area contributed by atoms with Crippen molar-refractivity contribution in [2.45, 2.75) is 16.2 Å². The summed E-state index contributed by atoms with van der Waals surface area (Å²) in [5.41, 5.74) is 0.910. The Kier molecular flexibility index (Phi) is 4.33. The van der Waals surface area contributed by atoms with E-state index in [0.717, 1.165) is 11.3 Å². The molecule has 0 saturated carbocycles. The predicted octanol–water partition coefficient (Wildman–Crippen LogP) is 3.14. The predicted molar refractivity (Wildman–Crippen MR) is 112 cm³/mol. The number of nitrogens with one attached hydrogen (secondary N) is 1. The maximum Gasteiger partial charge on any atom is 0.305 e. The van der Waals surface area contributed by atoms with Crippen LogP contribution in [0.25, 0.3) is 0 Å². The summed E-state index contributed by atoms with van der Waals surface area (Å²) in [5.74, 6) is -2.11. The minimum Gasteiger partial charge on any atom is -0.307 e. The number of carbonyl (C=O) groups is 2. The molecule has 3 heterocycles. The van der Waals surface area contributed by atoms with Gasteiger partial charge in [-0.25, -0.2) is 4.90 Å². The molecular weight excluding hydrogens is 426 g/mol. The number of carbonyl (C=O) groups excluding carboxylic acids is 2. The summed E-state index contributed by atoms with van der Waals surface area (Å²) in [4.78, 5) is 53.7. The van der Waals surface area contributed by atoms with Gasteiger partial charge in [-0.3, -0.25) is 24.5 Å². The summed E-state index contributed by atoms with van der Waals surface area (Å²) in [5, 5.41) is 11.1. The highest BCUT2D eigenvalue weighted by atomic mass is 32.2. The van der Waals surface area contributed by atoms with Crippen LogP contribution in [0.15, 0.2) is 64.4 Å². The highest BCUT2D eigenvalue weighted by Crippen LogP contribution is 2.53. The van der Waals surface area contributed by atoms with Gasteiger partial charge in [0.2, 0.25) is 11.8 Å². The van der Waals surface area contributed by atoms with Crippen molar-refractivity contribution in [2.24, 2.45) is 5.92 Å². The number of fused-ring (bicyclic) bond motifs is 2. The van der Waals surface area contributed by atoms with Crippen molar-refractivity contribution >= 4 is 46.3 Å². The second-order valence-corrected chi connectivity index (χ2v) is 9.12. The molecule has 2 aliphatic heterocycles. The number of H-pyrrole nitrogens is 1. The highest BCUT2D eigenvalue weighted by Gasteiger charge is 2.56. The van der Waals surface area contributed by atoms with Crippen LogP contribution in [0.1, 0.15) is 16.4 Å². The van der Waals surface area contributed by atoms with Crippen molar-refractivity contribution in [3.05, 3.63) is 84.8 Å². The number of anilines is 1. The van der Waals surface area contributed by atoms with Gasteiger partial charge in [-0.05, 0) is 17.7 Å². The standard InChI is InChI=1S/C20H13N3O5S2/c24-18-14-13(10-5-4-8-12(9-10)23(27)28)15-17(21-20(26)30-15)29-16(14)19(25)22(18)11-6-2-1-3-7-11/h1-9,13-14,16H,(H,21,26)/t13-,14-,16-/m0/s1. The topological polar surface area (TPSA) is 113 Å². The minimum atomic E-state index is -0.760. The summed E-state index contributed by atoms with van der Waals surface area (Å²) >= 11 is 2.15. The van der Waals surface area contributed by atoms with Crippen LogP contribution in [0.5, 0.6) is 0 Å². The van der Waals surface area contributed by atoms with Crippen LogP contribution in [-0.4, -0.2) is 27.0 Å². The number of hydrogen-bond acceptors (Lipinski definition) is 7. The SMILES string of the molecule is O=C1[C@H]2[C@H](c3cccc([N+](=O)[O-])c3)c3sc(=O)[nH]c3S[C@@H]2C(=O)N1c1ccccc1. The van der Waals surface area contributed by atoms with Crippen LogP contribution in [0.3, 0.4) is 0 Å². The highest BCUT2D eigenvalue weighted by molar-refractivity contribution is 8.00. The molecule has 8 nitrogen and oxygen atoms in total. The first-order chi connectivity index (χ1) is 14.5. The first-order valence-corrected chi connectivity index (χ1v) is 10.7. The lowest BCUT2D eigenvalue weighted by Crippen LogP contribution is -2.32. The van der Waals surface area contributed by atoms with Gasteiger partial charge >= 0.3 is 4.87 Å². The minimum absolute atomic E-state index is 0.108. The molecule has 3 aromatic rings. The Bertz CT molecular complexity index is 1250. The summed E-state index contributed by atoms with van der Waals surface area (Å²) in [6.45, 7) is 0. The van der Waals surface area contributed by atoms with E-state index in [1.807, 2.05) is 0 Å². The Labute approximate surface area is 177 Å². The number of amides is 2.